The molecule has 1 aromatic carbocycles. The molecule has 2 fully saturated rings. The molecule has 0 radical (unpaired) electrons. The van der Waals surface area contributed by atoms with Crippen molar-refractivity contribution >= 4 is 21.6 Å². The maximum absolute atomic E-state index is 13.5. The maximum Gasteiger partial charge on any atom is 0.275 e. The summed E-state index contributed by atoms with van der Waals surface area (Å²) in [4.78, 5) is 21.3. The second-order valence-electron chi connectivity index (χ2n) is 10.8. The van der Waals surface area contributed by atoms with Crippen molar-refractivity contribution in [3.05, 3.63) is 51.4 Å². The zero-order valence-corrected chi connectivity index (χ0v) is 23.6. The number of unbranched alkanes of at least 4 members (excludes halogenated alkanes) is 3. The van der Waals surface area contributed by atoms with Crippen LogP contribution in [0.15, 0.2) is 35.4 Å². The largest absolute Gasteiger partial charge is 0.490 e. The highest BCUT2D eigenvalue weighted by atomic mass is 32.1. The summed E-state index contributed by atoms with van der Waals surface area (Å²) in [6.45, 7) is 4.11. The molecule has 2 bridgehead atoms. The molecule has 1 N–H and O–H groups in total. The van der Waals surface area contributed by atoms with E-state index in [1.807, 2.05) is 19.1 Å². The van der Waals surface area contributed by atoms with Crippen LogP contribution in [-0.4, -0.2) is 50.9 Å². The molecule has 0 aliphatic carbocycles. The quantitative estimate of drug-likeness (QED) is 0.282. The van der Waals surface area contributed by atoms with Crippen molar-refractivity contribution in [1.29, 1.82) is 0 Å². The highest BCUT2D eigenvalue weighted by Crippen LogP contribution is 2.37. The predicted octanol–water partition coefficient (Wildman–Crippen LogP) is 5.70. The van der Waals surface area contributed by atoms with Gasteiger partial charge in [0, 0.05) is 12.1 Å². The summed E-state index contributed by atoms with van der Waals surface area (Å²) in [5.74, 6) is 6.77. The van der Waals surface area contributed by atoms with Crippen LogP contribution >= 0.6 is 11.3 Å². The molecule has 4 heterocycles. The Labute approximate surface area is 229 Å². The topological polar surface area (TPSA) is 67.6 Å². The van der Waals surface area contributed by atoms with E-state index >= 15 is 0 Å². The summed E-state index contributed by atoms with van der Waals surface area (Å²) in [6.07, 6.45) is 12.2. The first-order valence-corrected chi connectivity index (χ1v) is 15.0. The van der Waals surface area contributed by atoms with Gasteiger partial charge in [0.1, 0.15) is 29.0 Å². The van der Waals surface area contributed by atoms with Gasteiger partial charge in [0.2, 0.25) is 0 Å². The van der Waals surface area contributed by atoms with E-state index in [1.165, 1.54) is 49.0 Å². The minimum Gasteiger partial charge on any atom is -0.490 e. The molecule has 2 aliphatic rings. The average Bonchev–Trinajstić information content (AvgIpc) is 3.42. The average molecular weight is 534 g/mol. The lowest BCUT2D eigenvalue weighted by molar-refractivity contribution is 0.0655. The lowest BCUT2D eigenvalue weighted by Gasteiger charge is -2.36. The van der Waals surface area contributed by atoms with Crippen molar-refractivity contribution in [3.63, 3.8) is 0 Å². The minimum atomic E-state index is -0.661. The molecule has 202 valence electrons. The van der Waals surface area contributed by atoms with Gasteiger partial charge in [-0.05, 0) is 81.8 Å². The molecule has 38 heavy (non-hydrogen) atoms. The number of aliphatic hydroxyl groups is 1. The summed E-state index contributed by atoms with van der Waals surface area (Å²) in [5.41, 5.74) is 2.53. The van der Waals surface area contributed by atoms with Gasteiger partial charge >= 0.3 is 0 Å². The third-order valence-corrected chi connectivity index (χ3v) is 9.18. The Morgan fingerprint density at radius 1 is 1.16 bits per heavy atom. The van der Waals surface area contributed by atoms with Crippen LogP contribution in [0.4, 0.5) is 0 Å². The van der Waals surface area contributed by atoms with Gasteiger partial charge in [-0.1, -0.05) is 45.0 Å². The number of thiophene rings is 1. The molecule has 2 aromatic heterocycles. The molecule has 0 spiro atoms. The number of aryl methyl sites for hydroxylation is 1. The first kappa shape index (κ1) is 26.9. The number of hydrogen-bond acceptors (Lipinski definition) is 6. The second kappa shape index (κ2) is 12.0. The lowest BCUT2D eigenvalue weighted by Crippen LogP contribution is -2.43. The van der Waals surface area contributed by atoms with Gasteiger partial charge < -0.3 is 14.7 Å². The number of ether oxygens (including phenoxy) is 1. The molecule has 3 aromatic rings. The van der Waals surface area contributed by atoms with Gasteiger partial charge in [0.15, 0.2) is 0 Å². The fraction of sp³-hybridized carbons (Fsp3) is 0.548. The van der Waals surface area contributed by atoms with E-state index < -0.39 is 6.10 Å². The first-order valence-electron chi connectivity index (χ1n) is 14.2. The first-order chi connectivity index (χ1) is 18.5. The summed E-state index contributed by atoms with van der Waals surface area (Å²) in [6, 6.07) is 9.24. The fourth-order valence-electron chi connectivity index (χ4n) is 5.82. The van der Waals surface area contributed by atoms with Crippen LogP contribution in [0.3, 0.4) is 0 Å². The van der Waals surface area contributed by atoms with Crippen LogP contribution in [0.2, 0.25) is 0 Å². The summed E-state index contributed by atoms with van der Waals surface area (Å²) in [7, 11) is 2.26. The maximum atomic E-state index is 13.5. The number of nitrogens with zero attached hydrogens (tertiary/aromatic N) is 3. The Bertz CT molecular complexity index is 1370. The molecule has 4 atom stereocenters. The van der Waals surface area contributed by atoms with Crippen molar-refractivity contribution < 1.29 is 9.84 Å². The number of aromatic nitrogens is 2. The molecule has 0 amide bonds. The Balaban J connectivity index is 1.42. The lowest BCUT2D eigenvalue weighted by atomic mass is 10.00. The molecule has 2 aliphatic heterocycles. The molecule has 7 heteroatoms. The van der Waals surface area contributed by atoms with Gasteiger partial charge in [-0.3, -0.25) is 9.36 Å². The van der Waals surface area contributed by atoms with Gasteiger partial charge in [-0.2, -0.15) is 0 Å². The van der Waals surface area contributed by atoms with E-state index in [0.717, 1.165) is 42.0 Å². The number of fused-ring (bicyclic) bond motifs is 3. The van der Waals surface area contributed by atoms with Crippen molar-refractivity contribution in [2.24, 2.45) is 0 Å². The molecule has 2 saturated heterocycles. The van der Waals surface area contributed by atoms with Crippen LogP contribution in [0.1, 0.15) is 82.1 Å². The number of rotatable bonds is 9. The summed E-state index contributed by atoms with van der Waals surface area (Å²) < 4.78 is 8.87. The van der Waals surface area contributed by atoms with Crippen molar-refractivity contribution in [2.45, 2.75) is 102 Å². The Hall–Kier alpha value is -2.66. The van der Waals surface area contributed by atoms with Crippen LogP contribution in [0.5, 0.6) is 5.75 Å². The number of aliphatic hydroxyl groups excluding tert-OH is 1. The molecule has 0 saturated carbocycles. The van der Waals surface area contributed by atoms with Crippen molar-refractivity contribution in [1.82, 2.24) is 14.5 Å². The highest BCUT2D eigenvalue weighted by Gasteiger charge is 2.39. The van der Waals surface area contributed by atoms with Crippen LogP contribution in [0.25, 0.3) is 15.9 Å². The highest BCUT2D eigenvalue weighted by molar-refractivity contribution is 7.19. The smallest absolute Gasteiger partial charge is 0.275 e. The molecule has 1 unspecified atom stereocenters. The molecular weight excluding hydrogens is 494 g/mol. The normalized spacial score (nSPS) is 21.8. The molecule has 6 nitrogen and oxygen atoms in total. The van der Waals surface area contributed by atoms with E-state index in [4.69, 9.17) is 4.74 Å². The molecule has 5 rings (SSSR count). The number of piperidine rings is 1. The van der Waals surface area contributed by atoms with Gasteiger partial charge in [0.05, 0.1) is 16.1 Å². The van der Waals surface area contributed by atoms with E-state index in [-0.39, 0.29) is 11.7 Å². The molecular formula is C31H39N3O3S. The van der Waals surface area contributed by atoms with Gasteiger partial charge in [0.25, 0.3) is 5.56 Å². The van der Waals surface area contributed by atoms with Gasteiger partial charge in [-0.15, -0.1) is 11.3 Å². The number of benzene rings is 1. The van der Waals surface area contributed by atoms with Gasteiger partial charge in [-0.25, -0.2) is 4.98 Å². The van der Waals surface area contributed by atoms with Crippen LogP contribution in [0, 0.1) is 11.8 Å². The third-order valence-electron chi connectivity index (χ3n) is 8.16. The zero-order chi connectivity index (χ0) is 26.6. The van der Waals surface area contributed by atoms with Crippen molar-refractivity contribution in [2.75, 3.05) is 7.05 Å². The Morgan fingerprint density at radius 2 is 1.95 bits per heavy atom. The van der Waals surface area contributed by atoms with E-state index in [0.29, 0.717) is 28.7 Å². The summed E-state index contributed by atoms with van der Waals surface area (Å²) >= 11 is 1.33. The zero-order valence-electron chi connectivity index (χ0n) is 22.8. The second-order valence-corrected chi connectivity index (χ2v) is 11.9. The predicted molar refractivity (Wildman–Crippen MR) is 154 cm³/mol. The minimum absolute atomic E-state index is 0.0958. The summed E-state index contributed by atoms with van der Waals surface area (Å²) in [5, 5.41) is 9.76. The third kappa shape index (κ3) is 5.83. The SMILES string of the molecule is CCCCCCc1cc(-n2cnc3cc(C#CC(O)CC)sc3c2=O)ccc1O[C@H]1C[C@H]2CC[C@@H](C1)N2C. The van der Waals surface area contributed by atoms with E-state index in [9.17, 15) is 9.90 Å². The van der Waals surface area contributed by atoms with Crippen molar-refractivity contribution in [3.8, 4) is 23.3 Å². The fourth-order valence-corrected chi connectivity index (χ4v) is 6.72. The number of hydrogen-bond donors (Lipinski definition) is 1. The standard InChI is InChI=1S/C31H39N3O3S/c1-4-6-7-8-9-21-16-24(12-15-29(21)37-26-17-22-10-11-23(18-26)33(22)3)34-20-32-28-19-27(14-13-25(35)5-2)38-30(28)31(34)36/h12,15-16,19-20,22-23,25-26,35H,4-11,17-18H2,1-3H3/t22-,23+,25?,26+. The van der Waals surface area contributed by atoms with E-state index in [1.54, 1.807) is 10.9 Å². The van der Waals surface area contributed by atoms with Crippen LogP contribution < -0.4 is 10.3 Å². The Kier molecular flexibility index (Phi) is 8.52. The Morgan fingerprint density at radius 3 is 2.68 bits per heavy atom. The monoisotopic (exact) mass is 533 g/mol. The van der Waals surface area contributed by atoms with E-state index in [2.05, 4.69) is 47.8 Å². The van der Waals surface area contributed by atoms with Crippen LogP contribution in [-0.2, 0) is 6.42 Å².